The van der Waals surface area contributed by atoms with Crippen molar-refractivity contribution in [2.45, 2.75) is 58.0 Å². The lowest BCUT2D eigenvalue weighted by molar-refractivity contribution is -0.145. The van der Waals surface area contributed by atoms with E-state index in [4.69, 9.17) is 5.73 Å². The number of hydrogen-bond acceptors (Lipinski definition) is 3. The maximum Gasteiger partial charge on any atom is 0.230 e. The van der Waals surface area contributed by atoms with Gasteiger partial charge in [0, 0.05) is 31.6 Å². The zero-order valence-corrected chi connectivity index (χ0v) is 13.2. The van der Waals surface area contributed by atoms with Gasteiger partial charge in [0.2, 0.25) is 11.8 Å². The number of nitrogens with zero attached hydrogens (tertiary/aromatic N) is 1. The van der Waals surface area contributed by atoms with Crippen molar-refractivity contribution in [3.05, 3.63) is 0 Å². The van der Waals surface area contributed by atoms with Crippen LogP contribution in [-0.2, 0) is 9.59 Å². The normalized spacial score (nSPS) is 25.8. The van der Waals surface area contributed by atoms with E-state index in [1.807, 2.05) is 18.7 Å². The monoisotopic (exact) mass is 303 g/mol. The van der Waals surface area contributed by atoms with Crippen LogP contribution in [0.5, 0.6) is 0 Å². The van der Waals surface area contributed by atoms with Gasteiger partial charge < -0.3 is 16.0 Å². The van der Waals surface area contributed by atoms with Crippen LogP contribution < -0.4 is 11.1 Å². The first-order valence-electron chi connectivity index (χ1n) is 7.37. The number of halogens is 1. The summed E-state index contributed by atoms with van der Waals surface area (Å²) >= 11 is 0. The minimum atomic E-state index is -0.450. The molecule has 2 heterocycles. The van der Waals surface area contributed by atoms with Crippen LogP contribution >= 0.6 is 12.4 Å². The molecule has 0 saturated carbocycles. The predicted octanol–water partition coefficient (Wildman–Crippen LogP) is 1.05. The van der Waals surface area contributed by atoms with Crippen molar-refractivity contribution in [2.24, 2.45) is 11.1 Å². The van der Waals surface area contributed by atoms with E-state index in [-0.39, 0.29) is 36.3 Å². The molecule has 5 nitrogen and oxygen atoms in total. The quantitative estimate of drug-likeness (QED) is 0.815. The average Bonchev–Trinajstić information content (AvgIpc) is 2.72. The Morgan fingerprint density at radius 3 is 2.50 bits per heavy atom. The highest BCUT2D eigenvalue weighted by molar-refractivity contribution is 5.86. The number of amides is 2. The van der Waals surface area contributed by atoms with Crippen molar-refractivity contribution < 1.29 is 9.59 Å². The molecule has 2 aliphatic rings. The van der Waals surface area contributed by atoms with E-state index >= 15 is 0 Å². The van der Waals surface area contributed by atoms with Crippen molar-refractivity contribution in [2.75, 3.05) is 13.1 Å². The van der Waals surface area contributed by atoms with Crippen LogP contribution in [0.2, 0.25) is 0 Å². The van der Waals surface area contributed by atoms with E-state index in [1.54, 1.807) is 0 Å². The molecule has 0 spiro atoms. The lowest BCUT2D eigenvalue weighted by Gasteiger charge is -2.38. The Morgan fingerprint density at radius 1 is 1.35 bits per heavy atom. The molecule has 2 rings (SSSR count). The van der Waals surface area contributed by atoms with Gasteiger partial charge in [-0.25, -0.2) is 0 Å². The summed E-state index contributed by atoms with van der Waals surface area (Å²) < 4.78 is 0. The number of nitrogens with two attached hydrogens (primary N) is 1. The molecule has 2 unspecified atom stereocenters. The topological polar surface area (TPSA) is 75.4 Å². The van der Waals surface area contributed by atoms with Gasteiger partial charge in [0.1, 0.15) is 0 Å². The van der Waals surface area contributed by atoms with E-state index in [1.165, 1.54) is 0 Å². The first-order chi connectivity index (χ1) is 9.07. The highest BCUT2D eigenvalue weighted by Gasteiger charge is 2.46. The minimum Gasteiger partial charge on any atom is -0.354 e. The minimum absolute atomic E-state index is 0. The molecule has 0 aromatic heterocycles. The number of carbonyl (C=O) groups excluding carboxylic acids is 2. The van der Waals surface area contributed by atoms with Crippen LogP contribution in [0.4, 0.5) is 0 Å². The fourth-order valence-corrected chi connectivity index (χ4v) is 3.41. The van der Waals surface area contributed by atoms with Crippen LogP contribution in [0.15, 0.2) is 0 Å². The third-order valence-electron chi connectivity index (χ3n) is 5.01. The smallest absolute Gasteiger partial charge is 0.230 e. The second-order valence-corrected chi connectivity index (χ2v) is 5.80. The molecule has 116 valence electrons. The van der Waals surface area contributed by atoms with Crippen LogP contribution in [0.1, 0.15) is 46.0 Å². The van der Waals surface area contributed by atoms with Crippen molar-refractivity contribution >= 4 is 24.2 Å². The van der Waals surface area contributed by atoms with Crippen LogP contribution in [0.25, 0.3) is 0 Å². The van der Waals surface area contributed by atoms with Crippen molar-refractivity contribution in [1.29, 1.82) is 0 Å². The summed E-state index contributed by atoms with van der Waals surface area (Å²) in [6.45, 7) is 5.03. The molecule has 2 atom stereocenters. The van der Waals surface area contributed by atoms with Crippen LogP contribution in [0.3, 0.4) is 0 Å². The number of fused-ring (bicyclic) bond motifs is 2. The Morgan fingerprint density at radius 2 is 1.95 bits per heavy atom. The largest absolute Gasteiger partial charge is 0.354 e. The Balaban J connectivity index is 0.00000200. The molecular formula is C14H26ClN3O2. The third-order valence-corrected chi connectivity index (χ3v) is 5.01. The predicted molar refractivity (Wildman–Crippen MR) is 80.6 cm³/mol. The summed E-state index contributed by atoms with van der Waals surface area (Å²) in [6, 6.07) is 0.233. The molecule has 6 heteroatoms. The van der Waals surface area contributed by atoms with Gasteiger partial charge in [0.15, 0.2) is 0 Å². The standard InChI is InChI=1S/C14H25N3O2.ClH/c1-3-14(4-2,9-15)13(19)17-10-5-6-11(17)8-16-12(18)7-10;/h10-11H,3-9,15H2,1-2H3,(H,16,18);1H. The molecule has 2 amide bonds. The number of rotatable bonds is 4. The first kappa shape index (κ1) is 17.2. The number of nitrogens with one attached hydrogen (secondary N) is 1. The van der Waals surface area contributed by atoms with E-state index in [0.717, 1.165) is 25.7 Å². The summed E-state index contributed by atoms with van der Waals surface area (Å²) in [5, 5.41) is 2.90. The lowest BCUT2D eigenvalue weighted by atomic mass is 9.80. The molecule has 0 aliphatic carbocycles. The zero-order valence-electron chi connectivity index (χ0n) is 12.4. The maximum absolute atomic E-state index is 12.9. The Hall–Kier alpha value is -0.810. The zero-order chi connectivity index (χ0) is 14.0. The fraction of sp³-hybridized carbons (Fsp3) is 0.857. The summed E-state index contributed by atoms with van der Waals surface area (Å²) in [6.07, 6.45) is 3.89. The molecular weight excluding hydrogens is 278 g/mol. The maximum atomic E-state index is 12.9. The molecule has 2 fully saturated rings. The van der Waals surface area contributed by atoms with Gasteiger partial charge in [0.05, 0.1) is 5.41 Å². The second-order valence-electron chi connectivity index (χ2n) is 5.80. The van der Waals surface area contributed by atoms with Gasteiger partial charge in [-0.2, -0.15) is 0 Å². The number of carbonyl (C=O) groups is 2. The van der Waals surface area contributed by atoms with Gasteiger partial charge in [-0.1, -0.05) is 13.8 Å². The fourth-order valence-electron chi connectivity index (χ4n) is 3.41. The lowest BCUT2D eigenvalue weighted by Crippen LogP contribution is -2.52. The van der Waals surface area contributed by atoms with Gasteiger partial charge in [-0.3, -0.25) is 9.59 Å². The van der Waals surface area contributed by atoms with E-state index in [2.05, 4.69) is 5.32 Å². The number of hydrogen-bond donors (Lipinski definition) is 2. The Kier molecular flexibility index (Phi) is 5.83. The highest BCUT2D eigenvalue weighted by atomic mass is 35.5. The SMILES string of the molecule is CCC(CC)(CN)C(=O)N1C2CCC1CC(=O)NC2.Cl. The van der Waals surface area contributed by atoms with Crippen molar-refractivity contribution in [1.82, 2.24) is 10.2 Å². The molecule has 20 heavy (non-hydrogen) atoms. The molecule has 2 bridgehead atoms. The Labute approximate surface area is 127 Å². The summed E-state index contributed by atoms with van der Waals surface area (Å²) in [5.41, 5.74) is 5.43. The van der Waals surface area contributed by atoms with Crippen LogP contribution in [-0.4, -0.2) is 41.9 Å². The Bertz CT molecular complexity index is 363. The van der Waals surface area contributed by atoms with E-state index < -0.39 is 5.41 Å². The summed E-state index contributed by atoms with van der Waals surface area (Å²) in [4.78, 5) is 26.5. The molecule has 3 N–H and O–H groups in total. The second kappa shape index (κ2) is 6.76. The van der Waals surface area contributed by atoms with Crippen LogP contribution in [0, 0.1) is 5.41 Å². The molecule has 0 radical (unpaired) electrons. The molecule has 0 aromatic carbocycles. The third kappa shape index (κ3) is 2.79. The molecule has 0 aromatic rings. The molecule has 2 saturated heterocycles. The highest BCUT2D eigenvalue weighted by Crippen LogP contribution is 2.35. The van der Waals surface area contributed by atoms with E-state index in [9.17, 15) is 9.59 Å². The van der Waals surface area contributed by atoms with Gasteiger partial charge in [0.25, 0.3) is 0 Å². The van der Waals surface area contributed by atoms with Crippen molar-refractivity contribution in [3.8, 4) is 0 Å². The van der Waals surface area contributed by atoms with Gasteiger partial charge >= 0.3 is 0 Å². The average molecular weight is 304 g/mol. The summed E-state index contributed by atoms with van der Waals surface area (Å²) in [5.74, 6) is 0.223. The van der Waals surface area contributed by atoms with Crippen molar-refractivity contribution in [3.63, 3.8) is 0 Å². The van der Waals surface area contributed by atoms with Gasteiger partial charge in [-0.05, 0) is 25.7 Å². The van der Waals surface area contributed by atoms with Gasteiger partial charge in [-0.15, -0.1) is 12.4 Å². The summed E-state index contributed by atoms with van der Waals surface area (Å²) in [7, 11) is 0. The van der Waals surface area contributed by atoms with E-state index in [0.29, 0.717) is 19.5 Å². The first-order valence-corrected chi connectivity index (χ1v) is 7.37. The molecule has 2 aliphatic heterocycles.